The number of benzene rings is 1. The molecule has 1 N–H and O–H groups in total. The van der Waals surface area contributed by atoms with Gasteiger partial charge in [0.15, 0.2) is 11.7 Å². The van der Waals surface area contributed by atoms with Crippen LogP contribution in [0, 0.1) is 17.1 Å². The maximum absolute atomic E-state index is 14.3. The lowest BCUT2D eigenvalue weighted by atomic mass is 10.0. The number of nitrogens with one attached hydrogen (secondary N) is 1. The van der Waals surface area contributed by atoms with Crippen molar-refractivity contribution >= 4 is 39.1 Å². The van der Waals surface area contributed by atoms with E-state index in [2.05, 4.69) is 15.0 Å². The Bertz CT molecular complexity index is 1500. The lowest BCUT2D eigenvalue weighted by Gasteiger charge is -2.32. The van der Waals surface area contributed by atoms with E-state index in [1.54, 1.807) is 0 Å². The lowest BCUT2D eigenvalue weighted by Crippen LogP contribution is -2.38. The summed E-state index contributed by atoms with van der Waals surface area (Å²) in [5, 5.41) is 9.55. The summed E-state index contributed by atoms with van der Waals surface area (Å²) in [6, 6.07) is -4.75. The van der Waals surface area contributed by atoms with Gasteiger partial charge in [-0.15, -0.1) is 0 Å². The molecule has 6 nitrogen and oxygen atoms in total. The van der Waals surface area contributed by atoms with E-state index in [4.69, 9.17) is 26.7 Å². The molecule has 3 aromatic rings. The van der Waals surface area contributed by atoms with Crippen molar-refractivity contribution in [2.24, 2.45) is 0 Å². The lowest BCUT2D eigenvalue weighted by molar-refractivity contribution is 0.211. The number of rotatable bonds is 4. The van der Waals surface area contributed by atoms with Gasteiger partial charge < -0.3 is 5.31 Å². The maximum Gasteiger partial charge on any atom is 0.186 e. The molecule has 1 fully saturated rings. The molecular weight excluding hydrogens is 387 g/mol. The second-order valence-electron chi connectivity index (χ2n) is 5.18. The minimum absolute atomic E-state index is 0.0192. The zero-order valence-corrected chi connectivity index (χ0v) is 14.9. The van der Waals surface area contributed by atoms with Crippen molar-refractivity contribution < 1.29 is 19.5 Å². The van der Waals surface area contributed by atoms with Crippen molar-refractivity contribution in [2.75, 3.05) is 18.4 Å². The fraction of sp³-hybridized carbons (Fsp3) is 0.333. The molecule has 0 aliphatic carbocycles. The minimum atomic E-state index is -3.38. The number of nitrogens with zero attached hydrogens (tertiary/aromatic N) is 5. The van der Waals surface area contributed by atoms with E-state index in [-0.39, 0.29) is 20.6 Å². The summed E-state index contributed by atoms with van der Waals surface area (Å²) >= 11 is 6.86. The molecule has 1 unspecified atom stereocenters. The van der Waals surface area contributed by atoms with Crippen LogP contribution in [0.25, 0.3) is 10.3 Å². The maximum atomic E-state index is 14.3. The van der Waals surface area contributed by atoms with Crippen molar-refractivity contribution in [1.29, 1.82) is 5.26 Å². The van der Waals surface area contributed by atoms with E-state index in [1.807, 2.05) is 0 Å². The average Bonchev–Trinajstić information content (AvgIpc) is 3.21. The predicted octanol–water partition coefficient (Wildman–Crippen LogP) is 3.83. The molecule has 1 aromatic carbocycles. The molecule has 9 heteroatoms. The largest absolute Gasteiger partial charge is 0.365 e. The zero-order chi connectivity index (χ0) is 28.6. The molecule has 3 heterocycles. The number of nitriles is 1. The van der Waals surface area contributed by atoms with Crippen LogP contribution in [0.4, 0.5) is 10.2 Å². The molecule has 0 saturated carbocycles. The Kier molecular flexibility index (Phi) is 2.64. The molecule has 1 aliphatic heterocycles. The first-order chi connectivity index (χ1) is 17.4. The molecule has 0 bridgehead atoms. The molecule has 0 spiro atoms. The highest BCUT2D eigenvalue weighted by Gasteiger charge is 2.21. The Labute approximate surface area is 180 Å². The van der Waals surface area contributed by atoms with E-state index in [0.717, 1.165) is 17.7 Å². The van der Waals surface area contributed by atoms with E-state index in [1.165, 1.54) is 6.07 Å². The Hall–Kier alpha value is -2.34. The van der Waals surface area contributed by atoms with E-state index in [9.17, 15) is 9.65 Å². The summed E-state index contributed by atoms with van der Waals surface area (Å²) in [4.78, 5) is 12.4. The van der Waals surface area contributed by atoms with Gasteiger partial charge in [0.2, 0.25) is 0 Å². The van der Waals surface area contributed by atoms with E-state index in [0.29, 0.717) is 10.2 Å². The third-order valence-corrected chi connectivity index (χ3v) is 4.49. The molecule has 138 valence electrons. The van der Waals surface area contributed by atoms with Crippen LogP contribution >= 0.6 is 22.9 Å². The molecule has 1 aliphatic rings. The van der Waals surface area contributed by atoms with E-state index >= 15 is 0 Å². The van der Waals surface area contributed by atoms with Crippen LogP contribution < -0.4 is 5.31 Å². The number of fused-ring (bicyclic) bond motifs is 1. The Morgan fingerprint density at radius 3 is 3.37 bits per heavy atom. The van der Waals surface area contributed by atoms with Crippen LogP contribution in [0.15, 0.2) is 24.5 Å². The van der Waals surface area contributed by atoms with Crippen molar-refractivity contribution in [2.45, 2.75) is 25.3 Å². The van der Waals surface area contributed by atoms with Gasteiger partial charge in [0.1, 0.15) is 28.6 Å². The Morgan fingerprint density at radius 2 is 2.52 bits per heavy atom. The number of thiazole rings is 1. The fourth-order valence-electron chi connectivity index (χ4n) is 2.22. The summed E-state index contributed by atoms with van der Waals surface area (Å²) in [7, 11) is 0. The normalized spacial score (nSPS) is 30.6. The highest BCUT2D eigenvalue weighted by atomic mass is 35.5. The number of piperidine rings is 1. The van der Waals surface area contributed by atoms with Gasteiger partial charge in [0.25, 0.3) is 0 Å². The van der Waals surface area contributed by atoms with Crippen LogP contribution in [-0.4, -0.2) is 38.9 Å². The number of likely N-dealkylation sites (tertiary alicyclic amines) is 1. The van der Waals surface area contributed by atoms with Gasteiger partial charge in [-0.05, 0) is 30.4 Å². The molecular formula is C18H16ClFN6S. The van der Waals surface area contributed by atoms with Crippen molar-refractivity contribution in [3.63, 3.8) is 0 Å². The van der Waals surface area contributed by atoms with Crippen molar-refractivity contribution in [1.82, 2.24) is 19.9 Å². The highest BCUT2D eigenvalue weighted by molar-refractivity contribution is 7.21. The highest BCUT2D eigenvalue weighted by Crippen LogP contribution is 2.28. The SMILES string of the molecule is [2H]c1c([2H])c(C([2H])([2H])N2CCC([2H])(N([2H])c3ncnc4sc(Cl)nc34)C([2H])([2H])C2([2H])[2H])c([2H])c(C#N)c1F. The molecule has 0 radical (unpaired) electrons. The van der Waals surface area contributed by atoms with Gasteiger partial charge in [0, 0.05) is 33.8 Å². The van der Waals surface area contributed by atoms with Gasteiger partial charge in [-0.2, -0.15) is 5.26 Å². The summed E-state index contributed by atoms with van der Waals surface area (Å²) in [5.41, 5.74) is -2.04. The van der Waals surface area contributed by atoms with Gasteiger partial charge in [-0.3, -0.25) is 4.90 Å². The zero-order valence-electron chi connectivity index (χ0n) is 24.3. The first-order valence-corrected chi connectivity index (χ1v) is 8.68. The van der Waals surface area contributed by atoms with Crippen LogP contribution in [0.5, 0.6) is 0 Å². The minimum Gasteiger partial charge on any atom is -0.365 e. The van der Waals surface area contributed by atoms with Crippen LogP contribution in [0.3, 0.4) is 0 Å². The Balaban J connectivity index is 1.83. The molecule has 1 atom stereocenters. The number of anilines is 1. The molecule has 1 saturated heterocycles. The number of halogens is 2. The third-order valence-electron chi connectivity index (χ3n) is 3.42. The average molecular weight is 414 g/mol. The standard InChI is InChI=1S/C18H16ClFN6S/c19-18-25-15-16(22-10-23-17(15)27-18)24-13-3-5-26(6-4-13)9-11-1-2-14(20)12(7-11)8-21/h1-2,7,10,13H,3-6,9H2,(H,22,23,24)/i1D,2D,3D2,5D2,7D,9D2,13D/hD. The molecule has 27 heavy (non-hydrogen) atoms. The molecule has 2 aromatic heterocycles. The van der Waals surface area contributed by atoms with Crippen LogP contribution in [0.2, 0.25) is 5.88 Å². The van der Waals surface area contributed by atoms with Gasteiger partial charge in [-0.25, -0.2) is 19.3 Å². The number of hydrogen-bond donors (Lipinski definition) is 1. The fourth-order valence-corrected chi connectivity index (χ4v) is 3.15. The third kappa shape index (κ3) is 4.00. The Morgan fingerprint density at radius 1 is 1.63 bits per heavy atom. The second-order valence-corrected chi connectivity index (χ2v) is 6.74. The quantitative estimate of drug-likeness (QED) is 0.700. The van der Waals surface area contributed by atoms with Crippen molar-refractivity contribution in [3.05, 3.63) is 45.9 Å². The predicted molar refractivity (Wildman–Crippen MR) is 103 cm³/mol. The first kappa shape index (κ1) is 9.24. The molecule has 0 amide bonds. The molecule has 4 rings (SSSR count). The second kappa shape index (κ2) is 7.72. The topological polar surface area (TPSA) is 77.7 Å². The van der Waals surface area contributed by atoms with E-state index < -0.39 is 73.4 Å². The van der Waals surface area contributed by atoms with Gasteiger partial charge >= 0.3 is 0 Å². The summed E-state index contributed by atoms with van der Waals surface area (Å²) in [5.74, 6) is -1.84. The van der Waals surface area contributed by atoms with Crippen LogP contribution in [0.1, 0.15) is 37.6 Å². The summed E-state index contributed by atoms with van der Waals surface area (Å²) < 4.78 is 107. The first-order valence-electron chi connectivity index (χ1n) is 12.9. The van der Waals surface area contributed by atoms with Crippen molar-refractivity contribution in [3.8, 4) is 6.07 Å². The summed E-state index contributed by atoms with van der Waals surface area (Å²) in [6.45, 7) is -7.32. The number of aromatic nitrogens is 3. The van der Waals surface area contributed by atoms with Gasteiger partial charge in [-0.1, -0.05) is 29.0 Å². The smallest absolute Gasteiger partial charge is 0.186 e. The summed E-state index contributed by atoms with van der Waals surface area (Å²) in [6.07, 6.45) is -3.00. The van der Waals surface area contributed by atoms with Crippen LogP contribution in [-0.2, 0) is 6.50 Å². The van der Waals surface area contributed by atoms with Gasteiger partial charge in [0.05, 0.1) is 11.0 Å². The monoisotopic (exact) mass is 413 g/mol. The number of hydrogen-bond acceptors (Lipinski definition) is 7.